The lowest BCUT2D eigenvalue weighted by molar-refractivity contribution is -0.126. The number of hydrogen-bond acceptors (Lipinski definition) is 11. The fourth-order valence-corrected chi connectivity index (χ4v) is 15.8. The number of aromatic nitrogens is 2. The Morgan fingerprint density at radius 1 is 0.824 bits per heavy atom. The molecular weight excluding hydrogens is 1070 g/mol. The van der Waals surface area contributed by atoms with Crippen LogP contribution in [-0.2, 0) is 34.2 Å². The summed E-state index contributed by atoms with van der Waals surface area (Å²) in [6, 6.07) is 24.9. The van der Waals surface area contributed by atoms with E-state index in [1.165, 1.54) is 80.5 Å². The number of fused-ring (bicyclic) bond motifs is 5. The third kappa shape index (κ3) is 14.1. The molecule has 0 bridgehead atoms. The Balaban J connectivity index is 0.814. The van der Waals surface area contributed by atoms with Gasteiger partial charge in [-0.15, -0.1) is 0 Å². The van der Waals surface area contributed by atoms with Gasteiger partial charge in [0, 0.05) is 58.1 Å². The second-order valence-corrected chi connectivity index (χ2v) is 25.7. The summed E-state index contributed by atoms with van der Waals surface area (Å²) in [5.41, 5.74) is 1.75. The highest BCUT2D eigenvalue weighted by atomic mass is 16.6. The van der Waals surface area contributed by atoms with E-state index in [1.54, 1.807) is 14.2 Å². The van der Waals surface area contributed by atoms with Crippen LogP contribution >= 0.6 is 0 Å². The number of nitrogens with zero attached hydrogens (tertiary/aromatic N) is 1. The molecule has 3 amide bonds. The first kappa shape index (κ1) is 62.7. The van der Waals surface area contributed by atoms with Crippen molar-refractivity contribution < 1.29 is 42.9 Å². The van der Waals surface area contributed by atoms with E-state index in [0.717, 1.165) is 72.0 Å². The lowest BCUT2D eigenvalue weighted by Gasteiger charge is -2.58. The van der Waals surface area contributed by atoms with Crippen LogP contribution in [0.1, 0.15) is 159 Å². The van der Waals surface area contributed by atoms with Crippen LogP contribution < -0.4 is 36.7 Å². The molecule has 1 aromatic heterocycles. The molecule has 4 unspecified atom stereocenters. The molecule has 16 nitrogen and oxygen atoms in total. The molecule has 0 spiro atoms. The fourth-order valence-electron chi connectivity index (χ4n) is 15.8. The number of H-pyrrole nitrogens is 1. The number of hydrogen-bond donors (Lipinski definition) is 4. The first-order valence-corrected chi connectivity index (χ1v) is 31.2. The molecule has 4 aliphatic carbocycles. The Kier molecular flexibility index (Phi) is 20.5. The molecule has 3 aromatic carbocycles. The van der Waals surface area contributed by atoms with E-state index in [-0.39, 0.29) is 74.2 Å². The summed E-state index contributed by atoms with van der Waals surface area (Å²) in [5, 5.41) is 8.12. The summed E-state index contributed by atoms with van der Waals surface area (Å²) < 4.78 is 32.2. The maximum absolute atomic E-state index is 13.6. The SMILES string of the molecule is CNC(=O)CCC(=O)CC1C[C@H](n2cc(/C=C/C(=O)NCCNC(=O)O[C@H]3CC[C@@]4(C)C(=CCC5C4CC[C@@]4(C)C5CC[C@@H]4[C@H](C)CCCC(C)C)C3)c(=O)[nH]c2=O)O[C@@H]1COC(c1ccccc1)(c1ccc(OC)cc1)c1ccc(OC)cc1. The van der Waals surface area contributed by atoms with Crippen LogP contribution in [-0.4, -0.2) is 86.4 Å². The van der Waals surface area contributed by atoms with E-state index >= 15 is 0 Å². The molecule has 4 N–H and O–H groups in total. The summed E-state index contributed by atoms with van der Waals surface area (Å²) in [4.78, 5) is 81.3. The maximum Gasteiger partial charge on any atom is 0.407 e. The average Bonchev–Trinajstić information content (AvgIpc) is 2.03. The van der Waals surface area contributed by atoms with Crippen LogP contribution in [0, 0.1) is 52.3 Å². The van der Waals surface area contributed by atoms with Crippen LogP contribution in [0.5, 0.6) is 11.5 Å². The van der Waals surface area contributed by atoms with Crippen molar-refractivity contribution in [3.8, 4) is 11.5 Å². The minimum atomic E-state index is -1.22. The first-order valence-electron chi connectivity index (χ1n) is 31.2. The summed E-state index contributed by atoms with van der Waals surface area (Å²) in [5.74, 6) is 4.45. The molecule has 16 heteroatoms. The van der Waals surface area contributed by atoms with Gasteiger partial charge in [-0.2, -0.15) is 0 Å². The molecule has 458 valence electrons. The highest BCUT2D eigenvalue weighted by Gasteiger charge is 2.59. The number of ketones is 1. The second kappa shape index (κ2) is 27.7. The van der Waals surface area contributed by atoms with Gasteiger partial charge >= 0.3 is 11.8 Å². The van der Waals surface area contributed by atoms with Crippen LogP contribution in [0.4, 0.5) is 4.79 Å². The third-order valence-electron chi connectivity index (χ3n) is 20.3. The number of methoxy groups -OCH3 is 2. The molecule has 0 radical (unpaired) electrons. The zero-order valence-corrected chi connectivity index (χ0v) is 51.3. The van der Waals surface area contributed by atoms with Gasteiger partial charge in [-0.05, 0) is 151 Å². The van der Waals surface area contributed by atoms with Crippen molar-refractivity contribution in [2.45, 2.75) is 155 Å². The lowest BCUT2D eigenvalue weighted by atomic mass is 9.47. The number of alkyl carbamates (subject to hydrolysis) is 1. The molecule has 4 aromatic rings. The Hall–Kier alpha value is -6.78. The van der Waals surface area contributed by atoms with Gasteiger partial charge in [0.1, 0.15) is 35.2 Å². The van der Waals surface area contributed by atoms with Gasteiger partial charge in [-0.1, -0.05) is 120 Å². The van der Waals surface area contributed by atoms with Crippen molar-refractivity contribution in [3.63, 3.8) is 0 Å². The molecule has 5 aliphatic rings. The minimum absolute atomic E-state index is 0.00802. The van der Waals surface area contributed by atoms with Crippen molar-refractivity contribution in [2.75, 3.05) is 41.0 Å². The van der Waals surface area contributed by atoms with Crippen LogP contribution in [0.15, 0.2) is 112 Å². The monoisotopic (exact) mass is 1170 g/mol. The number of ether oxygens (including phenoxy) is 5. The molecular formula is C69H91N5O11. The smallest absolute Gasteiger partial charge is 0.407 e. The van der Waals surface area contributed by atoms with Gasteiger partial charge in [-0.25, -0.2) is 9.59 Å². The van der Waals surface area contributed by atoms with E-state index in [2.05, 4.69) is 61.6 Å². The normalized spacial score (nSPS) is 26.6. The standard InChI is InChI=1S/C69H91N5O11/c1-44(2)13-12-14-45(3)57-29-30-58-56-28-22-51-41-55(33-35-67(51,4)59(56)34-36-68(57,58)5)84-66(80)72-38-37-71-62(77)31-17-46-42-74(65(79)73-64(46)78)63-40-47(39-52(75)23-32-61(76)70-6)60(85-63)43-83-69(48-15-10-9-11-16-48,49-18-24-53(81-7)25-19-49)50-20-26-54(82-8)27-21-50/h9-11,15-22,24-27,31,42,44-45,47,55-60,63H,12-14,23,28-30,32-41,43H2,1-8H3,(H,70,76)(H,71,77)(H,72,80)(H,73,78,79)/b31-17+/t45-,47?,55+,56?,57-,58?,59?,60-,63-,67+,68-/m1/s1. The molecule has 11 atom stereocenters. The molecule has 2 heterocycles. The van der Waals surface area contributed by atoms with Crippen molar-refractivity contribution in [1.29, 1.82) is 0 Å². The van der Waals surface area contributed by atoms with Gasteiger partial charge in [0.2, 0.25) is 11.8 Å². The van der Waals surface area contributed by atoms with E-state index in [9.17, 15) is 28.8 Å². The maximum atomic E-state index is 13.6. The van der Waals surface area contributed by atoms with E-state index in [4.69, 9.17) is 23.7 Å². The molecule has 3 saturated carbocycles. The summed E-state index contributed by atoms with van der Waals surface area (Å²) in [6.45, 7) is 12.5. The zero-order valence-electron chi connectivity index (χ0n) is 51.3. The molecule has 1 aliphatic heterocycles. The number of carbonyl (C=O) groups excluding carboxylic acids is 4. The number of nitrogens with one attached hydrogen (secondary N) is 4. The molecule has 4 fully saturated rings. The molecule has 85 heavy (non-hydrogen) atoms. The number of rotatable bonds is 25. The predicted octanol–water partition coefficient (Wildman–Crippen LogP) is 11.2. The minimum Gasteiger partial charge on any atom is -0.497 e. The number of Topliss-reactive ketones (excluding diaryl/α,β-unsaturated/α-hetero) is 1. The van der Waals surface area contributed by atoms with Gasteiger partial charge in [0.25, 0.3) is 5.56 Å². The first-order chi connectivity index (χ1) is 40.9. The summed E-state index contributed by atoms with van der Waals surface area (Å²) in [7, 11) is 4.72. The third-order valence-corrected chi connectivity index (χ3v) is 20.3. The predicted molar refractivity (Wildman–Crippen MR) is 328 cm³/mol. The van der Waals surface area contributed by atoms with Gasteiger partial charge < -0.3 is 39.6 Å². The Bertz CT molecular complexity index is 3090. The quantitative estimate of drug-likeness (QED) is 0.0213. The van der Waals surface area contributed by atoms with Crippen LogP contribution in [0.3, 0.4) is 0 Å². The van der Waals surface area contributed by atoms with Gasteiger partial charge in [0.15, 0.2) is 0 Å². The highest BCUT2D eigenvalue weighted by molar-refractivity contribution is 5.91. The number of aromatic amines is 1. The Labute approximate surface area is 501 Å². The summed E-state index contributed by atoms with van der Waals surface area (Å²) in [6.07, 6.45) is 17.3. The van der Waals surface area contributed by atoms with Crippen LogP contribution in [0.25, 0.3) is 6.08 Å². The number of benzene rings is 3. The second-order valence-electron chi connectivity index (χ2n) is 25.7. The summed E-state index contributed by atoms with van der Waals surface area (Å²) >= 11 is 0. The van der Waals surface area contributed by atoms with Crippen LogP contribution in [0.2, 0.25) is 0 Å². The number of allylic oxidation sites excluding steroid dienone is 1. The largest absolute Gasteiger partial charge is 0.497 e. The Morgan fingerprint density at radius 3 is 2.18 bits per heavy atom. The van der Waals surface area contributed by atoms with Gasteiger partial charge in [0.05, 0.1) is 32.5 Å². The highest BCUT2D eigenvalue weighted by Crippen LogP contribution is 2.67. The van der Waals surface area contributed by atoms with Crippen molar-refractivity contribution in [2.24, 2.45) is 52.3 Å². The zero-order chi connectivity index (χ0) is 60.5. The number of amides is 3. The van der Waals surface area contributed by atoms with Crippen molar-refractivity contribution in [1.82, 2.24) is 25.5 Å². The lowest BCUT2D eigenvalue weighted by Crippen LogP contribution is -2.51. The topological polar surface area (TPSA) is 205 Å². The van der Waals surface area contributed by atoms with Gasteiger partial charge in [-0.3, -0.25) is 28.7 Å². The Morgan fingerprint density at radius 2 is 1.51 bits per heavy atom. The van der Waals surface area contributed by atoms with Crippen molar-refractivity contribution in [3.05, 3.63) is 146 Å². The average molecular weight is 1170 g/mol. The fraction of sp³-hybridized carbons (Fsp3) is 0.565. The molecule has 1 saturated heterocycles. The van der Waals surface area contributed by atoms with E-state index in [0.29, 0.717) is 22.8 Å². The molecule has 9 rings (SSSR count). The van der Waals surface area contributed by atoms with E-state index in [1.807, 2.05) is 78.9 Å². The van der Waals surface area contributed by atoms with Crippen molar-refractivity contribution >= 4 is 29.8 Å². The van der Waals surface area contributed by atoms with E-state index < -0.39 is 47.1 Å². The number of carbonyl (C=O) groups is 4.